The summed E-state index contributed by atoms with van der Waals surface area (Å²) in [5.41, 5.74) is 0.681. The molecule has 0 saturated carbocycles. The Balaban J connectivity index is 2.48. The molecule has 1 amide bonds. The van der Waals surface area contributed by atoms with E-state index in [2.05, 4.69) is 5.32 Å². The fraction of sp³-hybridized carbons (Fsp3) is 0.357. The zero-order valence-corrected chi connectivity index (χ0v) is 11.0. The number of carboxylic acid groups (broad SMARTS) is 1. The van der Waals surface area contributed by atoms with E-state index in [4.69, 9.17) is 5.11 Å². The molecule has 0 unspecified atom stereocenters. The molecule has 5 nitrogen and oxygen atoms in total. The van der Waals surface area contributed by atoms with E-state index < -0.39 is 5.97 Å². The third-order valence-electron chi connectivity index (χ3n) is 2.66. The SMILES string of the molecule is CC(C)C(=O)CCC(=O)Nc1ccc(C(=O)O)cc1. The molecule has 102 valence electrons. The molecule has 1 aromatic rings. The summed E-state index contributed by atoms with van der Waals surface area (Å²) in [4.78, 5) is 33.6. The largest absolute Gasteiger partial charge is 0.478 e. The van der Waals surface area contributed by atoms with Gasteiger partial charge >= 0.3 is 5.97 Å². The Labute approximate surface area is 111 Å². The minimum atomic E-state index is -1.01. The molecule has 0 spiro atoms. The van der Waals surface area contributed by atoms with Crippen molar-refractivity contribution < 1.29 is 19.5 Å². The van der Waals surface area contributed by atoms with Crippen LogP contribution in [0.5, 0.6) is 0 Å². The first-order chi connectivity index (χ1) is 8.90. The lowest BCUT2D eigenvalue weighted by molar-refractivity contribution is -0.124. The summed E-state index contributed by atoms with van der Waals surface area (Å²) in [7, 11) is 0. The molecule has 5 heteroatoms. The number of rotatable bonds is 6. The summed E-state index contributed by atoms with van der Waals surface area (Å²) in [6.45, 7) is 3.59. The van der Waals surface area contributed by atoms with Gasteiger partial charge in [0.1, 0.15) is 5.78 Å². The van der Waals surface area contributed by atoms with Crippen molar-refractivity contribution in [1.29, 1.82) is 0 Å². The number of ketones is 1. The van der Waals surface area contributed by atoms with Crippen molar-refractivity contribution >= 4 is 23.3 Å². The van der Waals surface area contributed by atoms with E-state index in [1.807, 2.05) is 0 Å². The summed E-state index contributed by atoms with van der Waals surface area (Å²) < 4.78 is 0. The normalized spacial score (nSPS) is 10.3. The van der Waals surface area contributed by atoms with Crippen LogP contribution in [0.3, 0.4) is 0 Å². The monoisotopic (exact) mass is 263 g/mol. The number of carbonyl (C=O) groups excluding carboxylic acids is 2. The van der Waals surface area contributed by atoms with Gasteiger partial charge in [-0.1, -0.05) is 13.8 Å². The van der Waals surface area contributed by atoms with Crippen molar-refractivity contribution in [2.45, 2.75) is 26.7 Å². The average Bonchev–Trinajstić information content (AvgIpc) is 2.36. The number of nitrogens with one attached hydrogen (secondary N) is 1. The van der Waals surface area contributed by atoms with Crippen LogP contribution in [-0.2, 0) is 9.59 Å². The van der Waals surface area contributed by atoms with Crippen LogP contribution in [0, 0.1) is 5.92 Å². The van der Waals surface area contributed by atoms with Crippen LogP contribution in [-0.4, -0.2) is 22.8 Å². The van der Waals surface area contributed by atoms with Gasteiger partial charge in [-0.25, -0.2) is 4.79 Å². The van der Waals surface area contributed by atoms with Crippen LogP contribution in [0.25, 0.3) is 0 Å². The second-order valence-electron chi connectivity index (χ2n) is 4.55. The highest BCUT2D eigenvalue weighted by Crippen LogP contribution is 2.11. The topological polar surface area (TPSA) is 83.5 Å². The minimum absolute atomic E-state index is 0.0522. The van der Waals surface area contributed by atoms with Crippen LogP contribution in [0.4, 0.5) is 5.69 Å². The highest BCUT2D eigenvalue weighted by atomic mass is 16.4. The smallest absolute Gasteiger partial charge is 0.335 e. The van der Waals surface area contributed by atoms with Gasteiger partial charge in [-0.3, -0.25) is 9.59 Å². The second-order valence-corrected chi connectivity index (χ2v) is 4.55. The maximum atomic E-state index is 11.6. The number of hydrogen-bond donors (Lipinski definition) is 2. The number of carbonyl (C=O) groups is 3. The van der Waals surface area contributed by atoms with Crippen LogP contribution >= 0.6 is 0 Å². The summed E-state index contributed by atoms with van der Waals surface area (Å²) >= 11 is 0. The van der Waals surface area contributed by atoms with E-state index in [-0.39, 0.29) is 36.0 Å². The molecular formula is C14H17NO4. The van der Waals surface area contributed by atoms with E-state index >= 15 is 0 Å². The molecule has 0 fully saturated rings. The highest BCUT2D eigenvalue weighted by molar-refractivity contribution is 5.94. The zero-order valence-electron chi connectivity index (χ0n) is 11.0. The van der Waals surface area contributed by atoms with E-state index in [1.165, 1.54) is 24.3 Å². The molecule has 0 saturated heterocycles. The first kappa shape index (κ1) is 14.9. The second kappa shape index (κ2) is 6.68. The molecular weight excluding hydrogens is 246 g/mol. The van der Waals surface area contributed by atoms with Crippen molar-refractivity contribution in [3.8, 4) is 0 Å². The van der Waals surface area contributed by atoms with E-state index in [0.29, 0.717) is 5.69 Å². The first-order valence-corrected chi connectivity index (χ1v) is 6.06. The van der Waals surface area contributed by atoms with Gasteiger partial charge in [-0.05, 0) is 24.3 Å². The minimum Gasteiger partial charge on any atom is -0.478 e. The molecule has 0 aliphatic heterocycles. The van der Waals surface area contributed by atoms with E-state index in [1.54, 1.807) is 13.8 Å². The van der Waals surface area contributed by atoms with Crippen LogP contribution in [0.1, 0.15) is 37.0 Å². The van der Waals surface area contributed by atoms with Gasteiger partial charge in [-0.15, -0.1) is 0 Å². The van der Waals surface area contributed by atoms with E-state index in [9.17, 15) is 14.4 Å². The van der Waals surface area contributed by atoms with Crippen molar-refractivity contribution in [1.82, 2.24) is 0 Å². The molecule has 1 rings (SSSR count). The molecule has 0 atom stereocenters. The lowest BCUT2D eigenvalue weighted by Crippen LogP contribution is -2.15. The van der Waals surface area contributed by atoms with Gasteiger partial charge in [0, 0.05) is 24.4 Å². The number of aromatic carboxylic acids is 1. The van der Waals surface area contributed by atoms with Gasteiger partial charge in [0.15, 0.2) is 0 Å². The standard InChI is InChI=1S/C14H17NO4/c1-9(2)12(16)7-8-13(17)15-11-5-3-10(4-6-11)14(18)19/h3-6,9H,7-8H2,1-2H3,(H,15,17)(H,18,19). The third kappa shape index (κ3) is 4.91. The third-order valence-corrected chi connectivity index (χ3v) is 2.66. The van der Waals surface area contributed by atoms with Gasteiger partial charge in [0.2, 0.25) is 5.91 Å². The highest BCUT2D eigenvalue weighted by Gasteiger charge is 2.10. The fourth-order valence-electron chi connectivity index (χ4n) is 1.45. The first-order valence-electron chi connectivity index (χ1n) is 6.06. The zero-order chi connectivity index (χ0) is 14.4. The number of carboxylic acids is 1. The fourth-order valence-corrected chi connectivity index (χ4v) is 1.45. The Hall–Kier alpha value is -2.17. The number of amides is 1. The summed E-state index contributed by atoms with van der Waals surface area (Å²) in [6, 6.07) is 5.87. The molecule has 1 aromatic carbocycles. The van der Waals surface area contributed by atoms with Crippen molar-refractivity contribution in [3.05, 3.63) is 29.8 Å². The summed E-state index contributed by atoms with van der Waals surface area (Å²) in [5, 5.41) is 11.3. The van der Waals surface area contributed by atoms with Crippen molar-refractivity contribution in [2.75, 3.05) is 5.32 Å². The molecule has 19 heavy (non-hydrogen) atoms. The van der Waals surface area contributed by atoms with Crippen LogP contribution < -0.4 is 5.32 Å². The Bertz CT molecular complexity index is 477. The number of benzene rings is 1. The van der Waals surface area contributed by atoms with Gasteiger partial charge in [-0.2, -0.15) is 0 Å². The van der Waals surface area contributed by atoms with Gasteiger partial charge < -0.3 is 10.4 Å². The Morgan fingerprint density at radius 3 is 2.16 bits per heavy atom. The maximum Gasteiger partial charge on any atom is 0.335 e. The number of hydrogen-bond acceptors (Lipinski definition) is 3. The van der Waals surface area contributed by atoms with Crippen molar-refractivity contribution in [3.63, 3.8) is 0 Å². The molecule has 0 radical (unpaired) electrons. The predicted molar refractivity (Wildman–Crippen MR) is 71.1 cm³/mol. The molecule has 0 aliphatic carbocycles. The van der Waals surface area contributed by atoms with E-state index in [0.717, 1.165) is 0 Å². The maximum absolute atomic E-state index is 11.6. The number of anilines is 1. The molecule has 0 heterocycles. The predicted octanol–water partition coefficient (Wildman–Crippen LogP) is 2.33. The number of Topliss-reactive ketones (excluding diaryl/α,β-unsaturated/α-hetero) is 1. The lowest BCUT2D eigenvalue weighted by atomic mass is 10.0. The summed E-state index contributed by atoms with van der Waals surface area (Å²) in [5.74, 6) is -1.28. The quantitative estimate of drug-likeness (QED) is 0.825. The van der Waals surface area contributed by atoms with Gasteiger partial charge in [0.25, 0.3) is 0 Å². The molecule has 0 aromatic heterocycles. The Morgan fingerprint density at radius 2 is 1.68 bits per heavy atom. The molecule has 0 bridgehead atoms. The Kier molecular flexibility index (Phi) is 5.23. The lowest BCUT2D eigenvalue weighted by Gasteiger charge is -2.06. The molecule has 2 N–H and O–H groups in total. The van der Waals surface area contributed by atoms with Crippen LogP contribution in [0.15, 0.2) is 24.3 Å². The van der Waals surface area contributed by atoms with Crippen molar-refractivity contribution in [2.24, 2.45) is 5.92 Å². The summed E-state index contributed by atoms with van der Waals surface area (Å²) in [6.07, 6.45) is 0.356. The Morgan fingerprint density at radius 1 is 1.11 bits per heavy atom. The van der Waals surface area contributed by atoms with Crippen LogP contribution in [0.2, 0.25) is 0 Å². The average molecular weight is 263 g/mol. The molecule has 0 aliphatic rings. The van der Waals surface area contributed by atoms with Gasteiger partial charge in [0.05, 0.1) is 5.56 Å².